The molecule has 1 heterocycles. The van der Waals surface area contributed by atoms with E-state index in [1.54, 1.807) is 4.57 Å². The van der Waals surface area contributed by atoms with Crippen LogP contribution in [0.2, 0.25) is 0 Å². The number of rotatable bonds is 4. The summed E-state index contributed by atoms with van der Waals surface area (Å²) in [5.41, 5.74) is 2.82. The molecular weight excluding hydrogens is 333 g/mol. The van der Waals surface area contributed by atoms with Crippen molar-refractivity contribution in [2.75, 3.05) is 0 Å². The van der Waals surface area contributed by atoms with Crippen molar-refractivity contribution in [2.24, 2.45) is 5.10 Å². The van der Waals surface area contributed by atoms with E-state index in [1.807, 2.05) is 24.3 Å². The van der Waals surface area contributed by atoms with E-state index in [0.717, 1.165) is 23.3 Å². The Kier molecular flexibility index (Phi) is 4.51. The van der Waals surface area contributed by atoms with Gasteiger partial charge in [-0.25, -0.2) is 10.4 Å². The first-order valence-electron chi connectivity index (χ1n) is 7.33. The van der Waals surface area contributed by atoms with Crippen molar-refractivity contribution < 1.29 is 18.0 Å². The average molecular weight is 346 g/mol. The van der Waals surface area contributed by atoms with E-state index in [1.165, 1.54) is 24.5 Å². The second-order valence-corrected chi connectivity index (χ2v) is 5.24. The number of para-hydroxylation sites is 2. The van der Waals surface area contributed by atoms with Crippen LogP contribution < -0.4 is 5.43 Å². The Morgan fingerprint density at radius 2 is 1.88 bits per heavy atom. The van der Waals surface area contributed by atoms with E-state index in [-0.39, 0.29) is 12.1 Å². The van der Waals surface area contributed by atoms with Crippen LogP contribution in [-0.4, -0.2) is 21.7 Å². The number of benzene rings is 2. The van der Waals surface area contributed by atoms with Crippen molar-refractivity contribution in [3.8, 4) is 0 Å². The zero-order valence-corrected chi connectivity index (χ0v) is 12.9. The van der Waals surface area contributed by atoms with E-state index in [2.05, 4.69) is 15.5 Å². The Morgan fingerprint density at radius 1 is 1.16 bits per heavy atom. The van der Waals surface area contributed by atoms with Gasteiger partial charge in [-0.15, -0.1) is 0 Å². The third kappa shape index (κ3) is 3.85. The highest BCUT2D eigenvalue weighted by atomic mass is 19.4. The van der Waals surface area contributed by atoms with Gasteiger partial charge in [0.1, 0.15) is 6.54 Å². The number of imidazole rings is 1. The summed E-state index contributed by atoms with van der Waals surface area (Å²) in [6.45, 7) is -0.0429. The molecule has 0 unspecified atom stereocenters. The lowest BCUT2D eigenvalue weighted by Gasteiger charge is -2.09. The number of carbonyl (C=O) groups is 1. The highest BCUT2D eigenvalue weighted by Gasteiger charge is 2.32. The summed E-state index contributed by atoms with van der Waals surface area (Å²) in [6.07, 6.45) is -1.98. The fourth-order valence-electron chi connectivity index (χ4n) is 2.37. The second-order valence-electron chi connectivity index (χ2n) is 5.24. The van der Waals surface area contributed by atoms with Crippen LogP contribution in [0.15, 0.2) is 60.0 Å². The maximum absolute atomic E-state index is 12.9. The van der Waals surface area contributed by atoms with Crippen molar-refractivity contribution in [1.82, 2.24) is 15.0 Å². The molecule has 0 saturated heterocycles. The Morgan fingerprint density at radius 3 is 2.68 bits per heavy atom. The van der Waals surface area contributed by atoms with Gasteiger partial charge in [0.15, 0.2) is 0 Å². The summed E-state index contributed by atoms with van der Waals surface area (Å²) in [7, 11) is 0. The molecule has 0 aliphatic carbocycles. The van der Waals surface area contributed by atoms with Gasteiger partial charge in [0.25, 0.3) is 5.91 Å². The molecule has 1 aromatic heterocycles. The molecule has 0 spiro atoms. The number of nitrogens with zero attached hydrogens (tertiary/aromatic N) is 3. The molecule has 0 atom stereocenters. The number of hydrazone groups is 1. The van der Waals surface area contributed by atoms with Crippen LogP contribution >= 0.6 is 0 Å². The normalized spacial score (nSPS) is 12.0. The van der Waals surface area contributed by atoms with Gasteiger partial charge in [-0.2, -0.15) is 18.3 Å². The van der Waals surface area contributed by atoms with Crippen LogP contribution in [0.25, 0.3) is 11.0 Å². The van der Waals surface area contributed by atoms with E-state index in [9.17, 15) is 18.0 Å². The smallest absolute Gasteiger partial charge is 0.321 e. The molecule has 2 aromatic carbocycles. The number of fused-ring (bicyclic) bond motifs is 1. The highest BCUT2D eigenvalue weighted by Crippen LogP contribution is 2.31. The van der Waals surface area contributed by atoms with Crippen molar-refractivity contribution in [3.05, 3.63) is 66.0 Å². The fraction of sp³-hybridized carbons (Fsp3) is 0.118. The third-order valence-corrected chi connectivity index (χ3v) is 3.50. The molecule has 0 saturated carbocycles. The van der Waals surface area contributed by atoms with Crippen molar-refractivity contribution in [1.29, 1.82) is 0 Å². The summed E-state index contributed by atoms with van der Waals surface area (Å²) in [6, 6.07) is 12.3. The number of halogens is 3. The number of aromatic nitrogens is 2. The van der Waals surface area contributed by atoms with E-state index in [4.69, 9.17) is 0 Å². The van der Waals surface area contributed by atoms with Gasteiger partial charge >= 0.3 is 6.18 Å². The standard InChI is InChI=1S/C17H13F3N4O/c18-17(19,20)13-6-2-1-5-12(13)9-22-23-16(25)10-24-11-21-14-7-3-4-8-15(14)24/h1-9,11H,10H2,(H,23,25). The first-order valence-corrected chi connectivity index (χ1v) is 7.33. The molecule has 3 aromatic rings. The fourth-order valence-corrected chi connectivity index (χ4v) is 2.37. The van der Waals surface area contributed by atoms with Gasteiger partial charge in [-0.3, -0.25) is 4.79 Å². The Balaban J connectivity index is 1.68. The number of carbonyl (C=O) groups excluding carboxylic acids is 1. The van der Waals surface area contributed by atoms with Crippen molar-refractivity contribution >= 4 is 23.2 Å². The first kappa shape index (κ1) is 16.7. The molecule has 25 heavy (non-hydrogen) atoms. The largest absolute Gasteiger partial charge is 0.417 e. The van der Waals surface area contributed by atoms with Crippen LogP contribution in [-0.2, 0) is 17.5 Å². The monoisotopic (exact) mass is 346 g/mol. The molecular formula is C17H13F3N4O. The average Bonchev–Trinajstić information content (AvgIpc) is 2.97. The van der Waals surface area contributed by atoms with Crippen LogP contribution in [0.5, 0.6) is 0 Å². The van der Waals surface area contributed by atoms with Crippen LogP contribution in [0.3, 0.4) is 0 Å². The number of hydrogen-bond donors (Lipinski definition) is 1. The summed E-state index contributed by atoms with van der Waals surface area (Å²) < 4.78 is 40.3. The summed E-state index contributed by atoms with van der Waals surface area (Å²) in [5.74, 6) is -0.469. The van der Waals surface area contributed by atoms with Gasteiger partial charge in [-0.05, 0) is 18.2 Å². The molecule has 0 radical (unpaired) electrons. The van der Waals surface area contributed by atoms with Gasteiger partial charge in [-0.1, -0.05) is 30.3 Å². The Labute approximate surface area is 140 Å². The summed E-state index contributed by atoms with van der Waals surface area (Å²) >= 11 is 0. The van der Waals surface area contributed by atoms with Crippen molar-refractivity contribution in [2.45, 2.75) is 12.7 Å². The van der Waals surface area contributed by atoms with Crippen LogP contribution in [0.1, 0.15) is 11.1 Å². The van der Waals surface area contributed by atoms with E-state index in [0.29, 0.717) is 0 Å². The molecule has 128 valence electrons. The Bertz CT molecular complexity index is 931. The maximum Gasteiger partial charge on any atom is 0.417 e. The van der Waals surface area contributed by atoms with Crippen LogP contribution in [0.4, 0.5) is 13.2 Å². The van der Waals surface area contributed by atoms with Gasteiger partial charge in [0.05, 0.1) is 29.1 Å². The van der Waals surface area contributed by atoms with Gasteiger partial charge < -0.3 is 4.57 Å². The highest BCUT2D eigenvalue weighted by molar-refractivity contribution is 5.84. The lowest BCUT2D eigenvalue weighted by molar-refractivity contribution is -0.137. The molecule has 3 rings (SSSR count). The molecule has 8 heteroatoms. The number of alkyl halides is 3. The minimum atomic E-state index is -4.48. The summed E-state index contributed by atoms with van der Waals surface area (Å²) in [4.78, 5) is 16.1. The Hall–Kier alpha value is -3.16. The zero-order valence-electron chi connectivity index (χ0n) is 12.9. The lowest BCUT2D eigenvalue weighted by Crippen LogP contribution is -2.23. The molecule has 0 bridgehead atoms. The SMILES string of the molecule is O=C(Cn1cnc2ccccc21)NN=Cc1ccccc1C(F)(F)F. The maximum atomic E-state index is 12.9. The second kappa shape index (κ2) is 6.76. The predicted octanol–water partition coefficient (Wildman–Crippen LogP) is 3.21. The molecule has 1 amide bonds. The molecule has 0 aliphatic rings. The molecule has 0 aliphatic heterocycles. The topological polar surface area (TPSA) is 59.3 Å². The lowest BCUT2D eigenvalue weighted by atomic mass is 10.1. The van der Waals surface area contributed by atoms with Crippen LogP contribution in [0, 0.1) is 0 Å². The predicted molar refractivity (Wildman–Crippen MR) is 86.9 cm³/mol. The number of amides is 1. The quantitative estimate of drug-likeness (QED) is 0.583. The molecule has 0 fully saturated rings. The van der Waals surface area contributed by atoms with Gasteiger partial charge in [0.2, 0.25) is 0 Å². The summed E-state index contributed by atoms with van der Waals surface area (Å²) in [5, 5.41) is 3.62. The van der Waals surface area contributed by atoms with E-state index < -0.39 is 17.6 Å². The zero-order chi connectivity index (χ0) is 17.9. The number of hydrogen-bond acceptors (Lipinski definition) is 3. The molecule has 5 nitrogen and oxygen atoms in total. The van der Waals surface area contributed by atoms with E-state index >= 15 is 0 Å². The minimum Gasteiger partial charge on any atom is -0.321 e. The molecule has 1 N–H and O–H groups in total. The first-order chi connectivity index (χ1) is 11.9. The minimum absolute atomic E-state index is 0.0429. The van der Waals surface area contributed by atoms with Crippen molar-refractivity contribution in [3.63, 3.8) is 0 Å². The third-order valence-electron chi connectivity index (χ3n) is 3.50. The van der Waals surface area contributed by atoms with Gasteiger partial charge in [0, 0.05) is 5.56 Å². The number of nitrogens with one attached hydrogen (secondary N) is 1.